The highest BCUT2D eigenvalue weighted by Crippen LogP contribution is 2.34. The van der Waals surface area contributed by atoms with E-state index in [0.717, 1.165) is 39.7 Å². The lowest BCUT2D eigenvalue weighted by Crippen LogP contribution is -2.23. The molecule has 4 nitrogen and oxygen atoms in total. The zero-order chi connectivity index (χ0) is 15.1. The second kappa shape index (κ2) is 5.00. The van der Waals surface area contributed by atoms with Crippen LogP contribution in [0.15, 0.2) is 42.5 Å². The Morgan fingerprint density at radius 1 is 1.09 bits per heavy atom. The third-order valence-corrected chi connectivity index (χ3v) is 4.26. The molecule has 0 bridgehead atoms. The van der Waals surface area contributed by atoms with Gasteiger partial charge in [0.25, 0.3) is 5.91 Å². The molecule has 0 atom stereocenters. The molecule has 1 amide bonds. The lowest BCUT2D eigenvalue weighted by molar-refractivity contribution is 0.0957. The molecule has 4 rings (SSSR count). The molecule has 0 saturated carbocycles. The smallest absolute Gasteiger partial charge is 0.251 e. The van der Waals surface area contributed by atoms with Crippen LogP contribution in [0.25, 0.3) is 22.2 Å². The van der Waals surface area contributed by atoms with Crippen molar-refractivity contribution in [3.8, 4) is 11.3 Å². The van der Waals surface area contributed by atoms with Gasteiger partial charge in [0.05, 0.1) is 6.61 Å². The van der Waals surface area contributed by atoms with Crippen LogP contribution < -0.4 is 5.32 Å². The Labute approximate surface area is 127 Å². The first kappa shape index (κ1) is 13.1. The lowest BCUT2D eigenvalue weighted by Gasteiger charge is -2.05. The summed E-state index contributed by atoms with van der Waals surface area (Å²) in [6.07, 6.45) is 0.805. The zero-order valence-corrected chi connectivity index (χ0v) is 12.0. The lowest BCUT2D eigenvalue weighted by atomic mass is 10.00. The zero-order valence-electron chi connectivity index (χ0n) is 12.0. The maximum atomic E-state index is 12.2. The van der Waals surface area contributed by atoms with Crippen molar-refractivity contribution in [3.63, 3.8) is 0 Å². The molecule has 4 heteroatoms. The van der Waals surface area contributed by atoms with Gasteiger partial charge in [-0.05, 0) is 35.2 Å². The number of carbonyl (C=O) groups is 1. The number of aliphatic hydroxyl groups excluding tert-OH is 1. The normalized spacial score (nSPS) is 14.0. The quantitative estimate of drug-likeness (QED) is 0.680. The van der Waals surface area contributed by atoms with Gasteiger partial charge >= 0.3 is 0 Å². The summed E-state index contributed by atoms with van der Waals surface area (Å²) in [4.78, 5) is 15.6. The fourth-order valence-electron chi connectivity index (χ4n) is 3.18. The Balaban J connectivity index is 1.96. The van der Waals surface area contributed by atoms with Crippen molar-refractivity contribution in [1.29, 1.82) is 0 Å². The molecule has 1 aliphatic heterocycles. The summed E-state index contributed by atoms with van der Waals surface area (Å²) in [6, 6.07) is 13.6. The van der Waals surface area contributed by atoms with E-state index in [1.807, 2.05) is 42.5 Å². The van der Waals surface area contributed by atoms with Gasteiger partial charge in [0.1, 0.15) is 0 Å². The molecule has 3 N–H and O–H groups in total. The van der Waals surface area contributed by atoms with Crippen LogP contribution in [0.5, 0.6) is 0 Å². The number of aliphatic hydroxyl groups is 1. The fourth-order valence-corrected chi connectivity index (χ4v) is 3.18. The summed E-state index contributed by atoms with van der Waals surface area (Å²) in [5.41, 5.74) is 5.93. The van der Waals surface area contributed by atoms with Gasteiger partial charge in [0.2, 0.25) is 0 Å². The molecule has 1 aliphatic rings. The minimum Gasteiger partial charge on any atom is -0.392 e. The van der Waals surface area contributed by atoms with E-state index in [2.05, 4.69) is 10.3 Å². The number of amides is 1. The van der Waals surface area contributed by atoms with E-state index in [9.17, 15) is 9.90 Å². The highest BCUT2D eigenvalue weighted by atomic mass is 16.3. The molecule has 110 valence electrons. The predicted octanol–water partition coefficient (Wildman–Crippen LogP) is 2.61. The van der Waals surface area contributed by atoms with Crippen LogP contribution in [0.2, 0.25) is 0 Å². The van der Waals surface area contributed by atoms with Crippen LogP contribution >= 0.6 is 0 Å². The van der Waals surface area contributed by atoms with Gasteiger partial charge in [0, 0.05) is 28.7 Å². The fraction of sp³-hybridized carbons (Fsp3) is 0.167. The van der Waals surface area contributed by atoms with E-state index in [1.54, 1.807) is 0 Å². The molecule has 2 aromatic carbocycles. The summed E-state index contributed by atoms with van der Waals surface area (Å²) in [5.74, 6) is -0.00877. The van der Waals surface area contributed by atoms with Gasteiger partial charge in [-0.3, -0.25) is 4.79 Å². The van der Waals surface area contributed by atoms with Gasteiger partial charge in [-0.2, -0.15) is 0 Å². The average molecular weight is 292 g/mol. The summed E-state index contributed by atoms with van der Waals surface area (Å²) in [7, 11) is 0. The molecule has 0 saturated heterocycles. The van der Waals surface area contributed by atoms with Crippen LogP contribution in [0.1, 0.15) is 21.5 Å². The predicted molar refractivity (Wildman–Crippen MR) is 85.7 cm³/mol. The topological polar surface area (TPSA) is 65.1 Å². The third kappa shape index (κ3) is 1.92. The maximum Gasteiger partial charge on any atom is 0.251 e. The van der Waals surface area contributed by atoms with E-state index in [1.165, 1.54) is 5.56 Å². The Morgan fingerprint density at radius 2 is 1.91 bits per heavy atom. The highest BCUT2D eigenvalue weighted by Gasteiger charge is 2.21. The summed E-state index contributed by atoms with van der Waals surface area (Å²) in [6.45, 7) is 0.685. The van der Waals surface area contributed by atoms with Crippen LogP contribution in [-0.2, 0) is 13.0 Å². The molecule has 0 spiro atoms. The number of hydrogen-bond donors (Lipinski definition) is 3. The van der Waals surface area contributed by atoms with Gasteiger partial charge in [-0.1, -0.05) is 30.3 Å². The van der Waals surface area contributed by atoms with Crippen molar-refractivity contribution in [1.82, 2.24) is 10.3 Å². The second-order valence-corrected chi connectivity index (χ2v) is 5.57. The number of benzene rings is 2. The van der Waals surface area contributed by atoms with Crippen molar-refractivity contribution in [2.45, 2.75) is 13.0 Å². The van der Waals surface area contributed by atoms with Crippen LogP contribution in [0.4, 0.5) is 0 Å². The molecular formula is C18H16N2O2. The first-order valence-electron chi connectivity index (χ1n) is 7.40. The number of H-pyrrole nitrogens is 1. The molecule has 2 heterocycles. The Morgan fingerprint density at radius 3 is 2.68 bits per heavy atom. The molecule has 0 aliphatic carbocycles. The van der Waals surface area contributed by atoms with Crippen molar-refractivity contribution in [2.75, 3.05) is 6.54 Å². The largest absolute Gasteiger partial charge is 0.392 e. The van der Waals surface area contributed by atoms with Crippen LogP contribution in [0, 0.1) is 0 Å². The van der Waals surface area contributed by atoms with Gasteiger partial charge in [0.15, 0.2) is 0 Å². The number of aromatic amines is 1. The van der Waals surface area contributed by atoms with Crippen molar-refractivity contribution < 1.29 is 9.90 Å². The van der Waals surface area contributed by atoms with Crippen LogP contribution in [-0.4, -0.2) is 22.5 Å². The molecule has 0 fully saturated rings. The monoisotopic (exact) mass is 292 g/mol. The van der Waals surface area contributed by atoms with E-state index < -0.39 is 0 Å². The molecule has 3 aromatic rings. The first-order chi connectivity index (χ1) is 10.8. The number of rotatable bonds is 2. The number of nitrogens with one attached hydrogen (secondary N) is 2. The second-order valence-electron chi connectivity index (χ2n) is 5.57. The van der Waals surface area contributed by atoms with Crippen molar-refractivity contribution in [3.05, 3.63) is 59.2 Å². The Kier molecular flexibility index (Phi) is 2.98. The van der Waals surface area contributed by atoms with E-state index >= 15 is 0 Å². The summed E-state index contributed by atoms with van der Waals surface area (Å²) < 4.78 is 0. The van der Waals surface area contributed by atoms with Gasteiger partial charge in [-0.15, -0.1) is 0 Å². The van der Waals surface area contributed by atoms with Crippen molar-refractivity contribution >= 4 is 16.8 Å². The minimum absolute atomic E-state index is 0.00877. The molecular weight excluding hydrogens is 276 g/mol. The average Bonchev–Trinajstić information content (AvgIpc) is 2.84. The Hall–Kier alpha value is -2.59. The molecule has 0 unspecified atom stereocenters. The summed E-state index contributed by atoms with van der Waals surface area (Å²) in [5, 5.41) is 13.1. The SMILES string of the molecule is O=C1NCCc2c(-c3ccc(CO)cc3)[nH]c3cccc1c23. The standard InChI is InChI=1S/C18H16N2O2/c21-10-11-4-6-12(7-5-11)17-13-8-9-19-18(22)14-2-1-3-15(20-17)16(13)14/h1-7,20-21H,8-10H2,(H,19,22). The number of hydrogen-bond acceptors (Lipinski definition) is 2. The molecule has 0 radical (unpaired) electrons. The highest BCUT2D eigenvalue weighted by molar-refractivity contribution is 6.10. The molecule has 1 aromatic heterocycles. The molecule has 22 heavy (non-hydrogen) atoms. The van der Waals surface area contributed by atoms with Gasteiger partial charge < -0.3 is 15.4 Å². The third-order valence-electron chi connectivity index (χ3n) is 4.26. The number of carbonyl (C=O) groups excluding carboxylic acids is 1. The maximum absolute atomic E-state index is 12.2. The van der Waals surface area contributed by atoms with E-state index in [-0.39, 0.29) is 12.5 Å². The Bertz CT molecular complexity index is 863. The summed E-state index contributed by atoms with van der Waals surface area (Å²) >= 11 is 0. The minimum atomic E-state index is -0.00877. The number of aromatic nitrogens is 1. The first-order valence-corrected chi connectivity index (χ1v) is 7.40. The van der Waals surface area contributed by atoms with Crippen molar-refractivity contribution in [2.24, 2.45) is 0 Å². The van der Waals surface area contributed by atoms with E-state index in [4.69, 9.17) is 0 Å². The van der Waals surface area contributed by atoms with Crippen LogP contribution in [0.3, 0.4) is 0 Å². The van der Waals surface area contributed by atoms with E-state index in [0.29, 0.717) is 6.54 Å². The van der Waals surface area contributed by atoms with Gasteiger partial charge in [-0.25, -0.2) is 0 Å².